The van der Waals surface area contributed by atoms with Gasteiger partial charge in [-0.2, -0.15) is 0 Å². The molecular formula is C19H17N3O5S. The lowest BCUT2D eigenvalue weighted by Gasteiger charge is -2.11. The van der Waals surface area contributed by atoms with Crippen molar-refractivity contribution < 1.29 is 18.9 Å². The molecule has 0 fully saturated rings. The van der Waals surface area contributed by atoms with E-state index in [0.29, 0.717) is 5.76 Å². The molecule has 0 aliphatic rings. The largest absolute Gasteiger partial charge is 0.459 e. The quantitative estimate of drug-likeness (QED) is 0.356. The number of nitrogens with one attached hydrogen (secondary N) is 1. The number of carbonyl (C=O) groups is 2. The van der Waals surface area contributed by atoms with E-state index in [-0.39, 0.29) is 33.8 Å². The zero-order valence-electron chi connectivity index (χ0n) is 14.9. The molecule has 1 unspecified atom stereocenters. The molecule has 1 atom stereocenters. The number of primary amides is 1. The van der Waals surface area contributed by atoms with Gasteiger partial charge in [-0.05, 0) is 31.2 Å². The fourth-order valence-electron chi connectivity index (χ4n) is 2.65. The maximum Gasteiger partial charge on any atom is 0.283 e. The lowest BCUT2D eigenvalue weighted by Crippen LogP contribution is -2.27. The van der Waals surface area contributed by atoms with Crippen LogP contribution in [0.15, 0.2) is 57.8 Å². The third-order valence-electron chi connectivity index (χ3n) is 4.05. The fourth-order valence-corrected chi connectivity index (χ4v) is 3.46. The Labute approximate surface area is 164 Å². The van der Waals surface area contributed by atoms with Crippen molar-refractivity contribution in [1.82, 2.24) is 5.32 Å². The Morgan fingerprint density at radius 3 is 2.68 bits per heavy atom. The molecule has 0 spiro atoms. The molecule has 0 saturated heterocycles. The molecule has 3 N–H and O–H groups in total. The number of rotatable bonds is 7. The number of hydrogen-bond acceptors (Lipinski definition) is 6. The summed E-state index contributed by atoms with van der Waals surface area (Å²) in [5, 5.41) is 15.0. The first-order valence-corrected chi connectivity index (χ1v) is 9.32. The SMILES string of the molecule is CC(NC(=O)CSc1ccc(C(N)=O)cc1[N+](=O)[O-])c1cc2ccccc2o1. The second-order valence-electron chi connectivity index (χ2n) is 6.07. The average molecular weight is 399 g/mol. The van der Waals surface area contributed by atoms with Crippen molar-refractivity contribution in [3.05, 3.63) is 70.0 Å². The van der Waals surface area contributed by atoms with Crippen molar-refractivity contribution in [2.75, 3.05) is 5.75 Å². The lowest BCUT2D eigenvalue weighted by atomic mass is 10.2. The number of nitrogens with two attached hydrogens (primary N) is 1. The Morgan fingerprint density at radius 1 is 1.25 bits per heavy atom. The number of para-hydroxylation sites is 1. The second-order valence-corrected chi connectivity index (χ2v) is 7.09. The number of amides is 2. The highest BCUT2D eigenvalue weighted by atomic mass is 32.2. The summed E-state index contributed by atoms with van der Waals surface area (Å²) in [5.74, 6) is -0.457. The Kier molecular flexibility index (Phi) is 5.65. The van der Waals surface area contributed by atoms with Gasteiger partial charge in [0.1, 0.15) is 11.3 Å². The van der Waals surface area contributed by atoms with Crippen LogP contribution in [0.1, 0.15) is 29.1 Å². The van der Waals surface area contributed by atoms with Crippen LogP contribution < -0.4 is 11.1 Å². The van der Waals surface area contributed by atoms with Crippen LogP contribution in [-0.2, 0) is 4.79 Å². The molecule has 3 rings (SSSR count). The van der Waals surface area contributed by atoms with Gasteiger partial charge in [0.05, 0.1) is 21.6 Å². The summed E-state index contributed by atoms with van der Waals surface area (Å²) in [4.78, 5) is 34.3. The molecule has 0 bridgehead atoms. The van der Waals surface area contributed by atoms with E-state index in [1.165, 1.54) is 12.1 Å². The number of fused-ring (bicyclic) bond motifs is 1. The minimum atomic E-state index is -0.753. The number of nitro benzene ring substituents is 1. The van der Waals surface area contributed by atoms with Crippen LogP contribution in [0.4, 0.5) is 5.69 Å². The van der Waals surface area contributed by atoms with E-state index in [2.05, 4.69) is 5.32 Å². The number of nitrogens with zero attached hydrogens (tertiary/aromatic N) is 1. The van der Waals surface area contributed by atoms with Crippen LogP contribution in [-0.4, -0.2) is 22.5 Å². The average Bonchev–Trinajstić information content (AvgIpc) is 3.10. The molecular weight excluding hydrogens is 382 g/mol. The topological polar surface area (TPSA) is 128 Å². The van der Waals surface area contributed by atoms with Crippen molar-refractivity contribution in [2.24, 2.45) is 5.73 Å². The number of furan rings is 1. The van der Waals surface area contributed by atoms with E-state index in [1.807, 2.05) is 30.3 Å². The van der Waals surface area contributed by atoms with E-state index < -0.39 is 10.8 Å². The summed E-state index contributed by atoms with van der Waals surface area (Å²) in [6.45, 7) is 1.80. The van der Waals surface area contributed by atoms with E-state index in [4.69, 9.17) is 10.2 Å². The standard InChI is InChI=1S/C19H17N3O5S/c1-11(16-9-12-4-2-3-5-15(12)27-16)21-18(23)10-28-17-7-6-13(19(20)24)8-14(17)22(25)26/h2-9,11H,10H2,1H3,(H2,20,24)(H,21,23). The molecule has 0 saturated carbocycles. The lowest BCUT2D eigenvalue weighted by molar-refractivity contribution is -0.387. The molecule has 9 heteroatoms. The number of hydrogen-bond donors (Lipinski definition) is 2. The van der Waals surface area contributed by atoms with E-state index in [1.54, 1.807) is 6.92 Å². The van der Waals surface area contributed by atoms with Crippen LogP contribution in [0.3, 0.4) is 0 Å². The molecule has 3 aromatic rings. The van der Waals surface area contributed by atoms with Gasteiger partial charge in [0.15, 0.2) is 0 Å². The van der Waals surface area contributed by atoms with Gasteiger partial charge in [-0.25, -0.2) is 0 Å². The van der Waals surface area contributed by atoms with Gasteiger partial charge in [-0.3, -0.25) is 19.7 Å². The third-order valence-corrected chi connectivity index (χ3v) is 5.11. The van der Waals surface area contributed by atoms with E-state index in [0.717, 1.165) is 28.8 Å². The second kappa shape index (κ2) is 8.13. The van der Waals surface area contributed by atoms with Gasteiger partial charge in [0.25, 0.3) is 5.69 Å². The minimum Gasteiger partial charge on any atom is -0.459 e. The van der Waals surface area contributed by atoms with Gasteiger partial charge in [0.2, 0.25) is 11.8 Å². The van der Waals surface area contributed by atoms with Crippen molar-refractivity contribution >= 4 is 40.2 Å². The van der Waals surface area contributed by atoms with Crippen molar-refractivity contribution in [3.8, 4) is 0 Å². The monoisotopic (exact) mass is 399 g/mol. The third kappa shape index (κ3) is 4.32. The molecule has 1 aromatic heterocycles. The first kappa shape index (κ1) is 19.4. The van der Waals surface area contributed by atoms with Gasteiger partial charge >= 0.3 is 0 Å². The highest BCUT2D eigenvalue weighted by Crippen LogP contribution is 2.30. The maximum atomic E-state index is 12.3. The van der Waals surface area contributed by atoms with Crippen LogP contribution in [0.25, 0.3) is 11.0 Å². The predicted octanol–water partition coefficient (Wildman–Crippen LogP) is 3.41. The fraction of sp³-hybridized carbons (Fsp3) is 0.158. The first-order valence-electron chi connectivity index (χ1n) is 8.34. The predicted molar refractivity (Wildman–Crippen MR) is 105 cm³/mol. The molecule has 0 aliphatic carbocycles. The van der Waals surface area contributed by atoms with Gasteiger partial charge < -0.3 is 15.5 Å². The summed E-state index contributed by atoms with van der Waals surface area (Å²) < 4.78 is 5.73. The van der Waals surface area contributed by atoms with Crippen LogP contribution in [0.2, 0.25) is 0 Å². The zero-order chi connectivity index (χ0) is 20.3. The van der Waals surface area contributed by atoms with E-state index in [9.17, 15) is 19.7 Å². The first-order chi connectivity index (χ1) is 13.3. The Hall–Kier alpha value is -3.33. The Bertz CT molecular complexity index is 1030. The summed E-state index contributed by atoms with van der Waals surface area (Å²) in [7, 11) is 0. The van der Waals surface area contributed by atoms with Crippen molar-refractivity contribution in [3.63, 3.8) is 0 Å². The van der Waals surface area contributed by atoms with Gasteiger partial charge in [-0.15, -0.1) is 11.8 Å². The summed E-state index contributed by atoms with van der Waals surface area (Å²) in [5.41, 5.74) is 5.66. The van der Waals surface area contributed by atoms with Crippen molar-refractivity contribution in [1.29, 1.82) is 0 Å². The summed E-state index contributed by atoms with van der Waals surface area (Å²) >= 11 is 1.01. The van der Waals surface area contributed by atoms with Crippen LogP contribution in [0, 0.1) is 10.1 Å². The molecule has 0 radical (unpaired) electrons. The van der Waals surface area contributed by atoms with Gasteiger partial charge in [0, 0.05) is 17.0 Å². The number of thioether (sulfide) groups is 1. The smallest absolute Gasteiger partial charge is 0.283 e. The number of carbonyl (C=O) groups excluding carboxylic acids is 2. The van der Waals surface area contributed by atoms with Crippen molar-refractivity contribution in [2.45, 2.75) is 17.9 Å². The normalized spacial score (nSPS) is 11.9. The number of nitro groups is 1. The van der Waals surface area contributed by atoms with E-state index >= 15 is 0 Å². The highest BCUT2D eigenvalue weighted by molar-refractivity contribution is 8.00. The molecule has 2 aromatic carbocycles. The van der Waals surface area contributed by atoms with Crippen LogP contribution in [0.5, 0.6) is 0 Å². The molecule has 28 heavy (non-hydrogen) atoms. The molecule has 144 valence electrons. The highest BCUT2D eigenvalue weighted by Gasteiger charge is 2.19. The maximum absolute atomic E-state index is 12.3. The Morgan fingerprint density at radius 2 is 2.00 bits per heavy atom. The summed E-state index contributed by atoms with van der Waals surface area (Å²) in [6.07, 6.45) is 0. The molecule has 1 heterocycles. The van der Waals surface area contributed by atoms with Crippen LogP contribution >= 0.6 is 11.8 Å². The molecule has 8 nitrogen and oxygen atoms in total. The minimum absolute atomic E-state index is 0.0265. The molecule has 0 aliphatic heterocycles. The number of benzene rings is 2. The van der Waals surface area contributed by atoms with Gasteiger partial charge in [-0.1, -0.05) is 18.2 Å². The Balaban J connectivity index is 1.65. The molecule has 2 amide bonds. The zero-order valence-corrected chi connectivity index (χ0v) is 15.7. The summed E-state index contributed by atoms with van der Waals surface area (Å²) in [6, 6.07) is 13.0.